The van der Waals surface area contributed by atoms with E-state index in [1.165, 1.54) is 25.3 Å². The van der Waals surface area contributed by atoms with E-state index in [9.17, 15) is 20.2 Å². The van der Waals surface area contributed by atoms with E-state index in [1.807, 2.05) is 43.3 Å². The largest absolute Gasteiger partial charge is 0.493 e. The molecule has 0 aliphatic carbocycles. The van der Waals surface area contributed by atoms with Crippen molar-refractivity contribution in [3.8, 4) is 17.6 Å². The van der Waals surface area contributed by atoms with Crippen molar-refractivity contribution in [1.29, 1.82) is 5.26 Å². The van der Waals surface area contributed by atoms with Gasteiger partial charge in [0.25, 0.3) is 11.6 Å². The van der Waals surface area contributed by atoms with Gasteiger partial charge < -0.3 is 14.8 Å². The van der Waals surface area contributed by atoms with Crippen LogP contribution < -0.4 is 14.8 Å². The zero-order valence-corrected chi connectivity index (χ0v) is 19.8. The SMILES string of the molecule is COc1cc(/C=C(/C#N)C(=O)N[C@@H](C)c2ccccc2)cc(Cl)c1OCc1ccc([N+](=O)[O-])cc1. The van der Waals surface area contributed by atoms with Gasteiger partial charge in [0.15, 0.2) is 11.5 Å². The van der Waals surface area contributed by atoms with Gasteiger partial charge in [-0.2, -0.15) is 5.26 Å². The smallest absolute Gasteiger partial charge is 0.269 e. The van der Waals surface area contributed by atoms with E-state index < -0.39 is 10.8 Å². The number of nitrogens with zero attached hydrogens (tertiary/aromatic N) is 2. The maximum absolute atomic E-state index is 12.7. The minimum Gasteiger partial charge on any atom is -0.493 e. The number of hydrogen-bond acceptors (Lipinski definition) is 6. The Hall–Kier alpha value is -4.35. The van der Waals surface area contributed by atoms with Crippen LogP contribution in [0, 0.1) is 21.4 Å². The summed E-state index contributed by atoms with van der Waals surface area (Å²) in [5, 5.41) is 23.4. The van der Waals surface area contributed by atoms with Crippen LogP contribution in [0.1, 0.15) is 29.7 Å². The van der Waals surface area contributed by atoms with E-state index in [2.05, 4.69) is 5.32 Å². The molecule has 0 radical (unpaired) electrons. The van der Waals surface area contributed by atoms with Gasteiger partial charge in [0.2, 0.25) is 0 Å². The molecule has 0 aliphatic heterocycles. The summed E-state index contributed by atoms with van der Waals surface area (Å²) in [4.78, 5) is 23.0. The van der Waals surface area contributed by atoms with E-state index in [-0.39, 0.29) is 34.7 Å². The van der Waals surface area contributed by atoms with E-state index in [0.29, 0.717) is 16.9 Å². The number of amides is 1. The molecule has 3 aromatic carbocycles. The molecule has 3 rings (SSSR count). The Kier molecular flexibility index (Phi) is 8.43. The lowest BCUT2D eigenvalue weighted by Crippen LogP contribution is -2.27. The Balaban J connectivity index is 1.77. The monoisotopic (exact) mass is 491 g/mol. The maximum Gasteiger partial charge on any atom is 0.269 e. The first-order valence-electron chi connectivity index (χ1n) is 10.5. The van der Waals surface area contributed by atoms with Gasteiger partial charge in [-0.1, -0.05) is 41.9 Å². The second-order valence-electron chi connectivity index (χ2n) is 7.52. The Morgan fingerprint density at radius 3 is 2.49 bits per heavy atom. The highest BCUT2D eigenvalue weighted by molar-refractivity contribution is 6.32. The van der Waals surface area contributed by atoms with Gasteiger partial charge in [-0.05, 0) is 54.0 Å². The van der Waals surface area contributed by atoms with E-state index in [4.69, 9.17) is 21.1 Å². The molecule has 1 amide bonds. The van der Waals surface area contributed by atoms with E-state index >= 15 is 0 Å². The van der Waals surface area contributed by atoms with Gasteiger partial charge in [0, 0.05) is 12.1 Å². The molecule has 0 heterocycles. The van der Waals surface area contributed by atoms with Crippen molar-refractivity contribution in [1.82, 2.24) is 5.32 Å². The lowest BCUT2D eigenvalue weighted by atomic mass is 10.1. The molecule has 1 atom stereocenters. The molecule has 0 fully saturated rings. The number of methoxy groups -OCH3 is 1. The van der Waals surface area contributed by atoms with Gasteiger partial charge in [-0.15, -0.1) is 0 Å². The van der Waals surface area contributed by atoms with Crippen LogP contribution in [-0.4, -0.2) is 17.9 Å². The number of nitrogens with one attached hydrogen (secondary N) is 1. The van der Waals surface area contributed by atoms with Crippen LogP contribution in [0.3, 0.4) is 0 Å². The first-order valence-corrected chi connectivity index (χ1v) is 10.9. The van der Waals surface area contributed by atoms with Crippen molar-refractivity contribution < 1.29 is 19.2 Å². The number of non-ortho nitro benzene ring substituents is 1. The van der Waals surface area contributed by atoms with Crippen molar-refractivity contribution in [2.45, 2.75) is 19.6 Å². The van der Waals surface area contributed by atoms with Gasteiger partial charge in [0.1, 0.15) is 18.2 Å². The number of rotatable bonds is 9. The highest BCUT2D eigenvalue weighted by atomic mass is 35.5. The molecule has 0 aliphatic rings. The fourth-order valence-electron chi connectivity index (χ4n) is 3.25. The van der Waals surface area contributed by atoms with Gasteiger partial charge in [-0.25, -0.2) is 0 Å². The molecule has 35 heavy (non-hydrogen) atoms. The third-order valence-corrected chi connectivity index (χ3v) is 5.39. The highest BCUT2D eigenvalue weighted by Gasteiger charge is 2.16. The van der Waals surface area contributed by atoms with Crippen molar-refractivity contribution in [3.63, 3.8) is 0 Å². The topological polar surface area (TPSA) is 114 Å². The molecule has 0 unspecified atom stereocenters. The Bertz CT molecular complexity index is 1280. The summed E-state index contributed by atoms with van der Waals surface area (Å²) in [7, 11) is 1.44. The van der Waals surface area contributed by atoms with Crippen LogP contribution in [0.25, 0.3) is 6.08 Å². The van der Waals surface area contributed by atoms with E-state index in [0.717, 1.165) is 5.56 Å². The number of benzene rings is 3. The maximum atomic E-state index is 12.7. The van der Waals surface area contributed by atoms with E-state index in [1.54, 1.807) is 24.3 Å². The van der Waals surface area contributed by atoms with Crippen molar-refractivity contribution in [2.24, 2.45) is 0 Å². The fraction of sp³-hybridized carbons (Fsp3) is 0.154. The molecule has 0 saturated carbocycles. The molecule has 178 valence electrons. The highest BCUT2D eigenvalue weighted by Crippen LogP contribution is 2.37. The number of nitriles is 1. The average molecular weight is 492 g/mol. The number of nitro benzene ring substituents is 1. The summed E-state index contributed by atoms with van der Waals surface area (Å²) in [6, 6.07) is 20.2. The van der Waals surface area contributed by atoms with Crippen molar-refractivity contribution in [2.75, 3.05) is 7.11 Å². The molecule has 1 N–H and O–H groups in total. The lowest BCUT2D eigenvalue weighted by molar-refractivity contribution is -0.384. The molecule has 0 spiro atoms. The molecular weight excluding hydrogens is 470 g/mol. The van der Waals surface area contributed by atoms with Crippen molar-refractivity contribution in [3.05, 3.63) is 104 Å². The van der Waals surface area contributed by atoms with Crippen LogP contribution in [0.4, 0.5) is 5.69 Å². The normalized spacial score (nSPS) is 11.8. The molecule has 0 bridgehead atoms. The first-order chi connectivity index (χ1) is 16.8. The Morgan fingerprint density at radius 2 is 1.89 bits per heavy atom. The standard InChI is InChI=1S/C26H22ClN3O5/c1-17(20-6-4-3-5-7-20)29-26(31)21(15-28)12-19-13-23(27)25(24(14-19)34-2)35-16-18-8-10-22(11-9-18)30(32)33/h3-14,17H,16H2,1-2H3,(H,29,31)/b21-12-/t17-/m0/s1. The molecule has 0 aromatic heterocycles. The predicted molar refractivity (Wildman–Crippen MR) is 132 cm³/mol. The van der Waals surface area contributed by atoms with Crippen LogP contribution in [-0.2, 0) is 11.4 Å². The van der Waals surface area contributed by atoms with Crippen LogP contribution >= 0.6 is 11.6 Å². The second-order valence-corrected chi connectivity index (χ2v) is 7.93. The zero-order valence-electron chi connectivity index (χ0n) is 19.0. The summed E-state index contributed by atoms with van der Waals surface area (Å²) >= 11 is 6.41. The Labute approximate surface area is 207 Å². The minimum atomic E-state index is -0.516. The summed E-state index contributed by atoms with van der Waals surface area (Å²) in [6.45, 7) is 1.94. The predicted octanol–water partition coefficient (Wildman–Crippen LogP) is 5.62. The van der Waals surface area contributed by atoms with Crippen LogP contribution in [0.5, 0.6) is 11.5 Å². The number of carbonyl (C=O) groups is 1. The molecule has 3 aromatic rings. The number of ether oxygens (including phenoxy) is 2. The number of nitro groups is 1. The zero-order chi connectivity index (χ0) is 25.4. The summed E-state index contributed by atoms with van der Waals surface area (Å²) in [5.41, 5.74) is 1.99. The molecule has 9 heteroatoms. The lowest BCUT2D eigenvalue weighted by Gasteiger charge is -2.15. The Morgan fingerprint density at radius 1 is 1.20 bits per heavy atom. The second kappa shape index (κ2) is 11.7. The van der Waals surface area contributed by atoms with Crippen LogP contribution in [0.2, 0.25) is 5.02 Å². The molecule has 0 saturated heterocycles. The quantitative estimate of drug-likeness (QED) is 0.180. The number of halogens is 1. The van der Waals surface area contributed by atoms with Gasteiger partial charge >= 0.3 is 0 Å². The van der Waals surface area contributed by atoms with Crippen molar-refractivity contribution >= 4 is 29.3 Å². The van der Waals surface area contributed by atoms with Gasteiger partial charge in [-0.3, -0.25) is 14.9 Å². The first kappa shape index (κ1) is 25.3. The van der Waals surface area contributed by atoms with Crippen LogP contribution in [0.15, 0.2) is 72.3 Å². The minimum absolute atomic E-state index is 0.0176. The molecular formula is C26H22ClN3O5. The third kappa shape index (κ3) is 6.59. The fourth-order valence-corrected chi connectivity index (χ4v) is 3.52. The summed E-state index contributed by atoms with van der Waals surface area (Å²) in [6.07, 6.45) is 1.42. The summed E-state index contributed by atoms with van der Waals surface area (Å²) in [5.74, 6) is 0.0591. The molecule has 8 nitrogen and oxygen atoms in total. The average Bonchev–Trinajstić information content (AvgIpc) is 2.86. The van der Waals surface area contributed by atoms with Gasteiger partial charge in [0.05, 0.1) is 23.1 Å². The third-order valence-electron chi connectivity index (χ3n) is 5.11. The number of hydrogen-bond donors (Lipinski definition) is 1. The summed E-state index contributed by atoms with van der Waals surface area (Å²) < 4.78 is 11.2. The number of carbonyl (C=O) groups excluding carboxylic acids is 1.